The Morgan fingerprint density at radius 3 is 1.49 bits per heavy atom. The first-order valence-corrected chi connectivity index (χ1v) is 19.7. The topological polar surface area (TPSA) is 64.7 Å². The highest BCUT2D eigenvalue weighted by atomic mass is 16.3. The van der Waals surface area contributed by atoms with E-state index in [-0.39, 0.29) is 0 Å². The van der Waals surface area contributed by atoms with Crippen molar-refractivity contribution in [2.24, 2.45) is 0 Å². The standard InChI is InChI=1S/C54H34N4O/c1-5-15-35(16-6-1)42-33-46(36-17-7-2-8-18-36)50-47(34-42)48-45(54-57-52(40-19-9-3-10-20-40)56-53(58-54)41-21-11-4-12-22-41)31-30-44(51(48)59-50)38-28-26-37(27-29-38)43-25-13-23-39-24-14-32-55-49(39)43/h1-34H. The van der Waals surface area contributed by atoms with Crippen LogP contribution in [0.4, 0.5) is 0 Å². The summed E-state index contributed by atoms with van der Waals surface area (Å²) in [4.78, 5) is 20.1. The molecule has 11 aromatic rings. The SMILES string of the molecule is c1ccc(-c2cc(-c3ccccc3)c3oc4c(-c5ccc(-c6cccc7cccnc67)cc5)ccc(-c5nc(-c6ccccc6)nc(-c6ccccc6)n5)c4c3c2)cc1. The summed E-state index contributed by atoms with van der Waals surface area (Å²) in [5.74, 6) is 1.78. The van der Waals surface area contributed by atoms with Gasteiger partial charge in [0.2, 0.25) is 0 Å². The number of rotatable bonds is 7. The number of furan rings is 1. The number of pyridine rings is 1. The van der Waals surface area contributed by atoms with Gasteiger partial charge >= 0.3 is 0 Å². The molecule has 0 unspecified atom stereocenters. The molecule has 0 aliphatic heterocycles. The van der Waals surface area contributed by atoms with Crippen molar-refractivity contribution in [1.82, 2.24) is 19.9 Å². The molecular weight excluding hydrogens is 721 g/mol. The van der Waals surface area contributed by atoms with Crippen LogP contribution in [-0.4, -0.2) is 19.9 Å². The minimum Gasteiger partial charge on any atom is -0.455 e. The van der Waals surface area contributed by atoms with E-state index in [1.807, 2.05) is 79.0 Å². The lowest BCUT2D eigenvalue weighted by Gasteiger charge is -2.12. The van der Waals surface area contributed by atoms with Gasteiger partial charge in [-0.3, -0.25) is 4.98 Å². The Kier molecular flexibility index (Phi) is 8.41. The summed E-state index contributed by atoms with van der Waals surface area (Å²) in [5, 5.41) is 3.04. The first-order chi connectivity index (χ1) is 29.2. The van der Waals surface area contributed by atoms with Crippen LogP contribution in [0, 0.1) is 0 Å². The Hall–Kier alpha value is -8.02. The molecule has 0 fully saturated rings. The number of hydrogen-bond acceptors (Lipinski definition) is 5. The van der Waals surface area contributed by atoms with Gasteiger partial charge in [0.05, 0.1) is 5.52 Å². The van der Waals surface area contributed by atoms with Gasteiger partial charge in [-0.15, -0.1) is 0 Å². The van der Waals surface area contributed by atoms with Crippen molar-refractivity contribution in [2.45, 2.75) is 0 Å². The van der Waals surface area contributed by atoms with Crippen molar-refractivity contribution in [1.29, 1.82) is 0 Å². The molecule has 8 aromatic carbocycles. The normalized spacial score (nSPS) is 11.4. The van der Waals surface area contributed by atoms with Crippen LogP contribution in [0.1, 0.15) is 0 Å². The number of fused-ring (bicyclic) bond motifs is 4. The smallest absolute Gasteiger partial charge is 0.164 e. The Morgan fingerprint density at radius 2 is 0.847 bits per heavy atom. The zero-order valence-electron chi connectivity index (χ0n) is 31.8. The molecule has 11 rings (SSSR count). The van der Waals surface area contributed by atoms with Crippen molar-refractivity contribution < 1.29 is 4.42 Å². The fourth-order valence-electron chi connectivity index (χ4n) is 8.12. The summed E-state index contributed by atoms with van der Waals surface area (Å²) in [6.45, 7) is 0. The average Bonchev–Trinajstić information content (AvgIpc) is 3.72. The maximum absolute atomic E-state index is 7.20. The largest absolute Gasteiger partial charge is 0.455 e. The third-order valence-corrected chi connectivity index (χ3v) is 11.0. The molecule has 3 heterocycles. The average molecular weight is 755 g/mol. The third kappa shape index (κ3) is 6.22. The first-order valence-electron chi connectivity index (χ1n) is 19.7. The number of para-hydroxylation sites is 1. The number of benzene rings is 8. The minimum absolute atomic E-state index is 0.571. The fourth-order valence-corrected chi connectivity index (χ4v) is 8.12. The van der Waals surface area contributed by atoms with Crippen molar-refractivity contribution in [3.63, 3.8) is 0 Å². The lowest BCUT2D eigenvalue weighted by atomic mass is 9.93. The maximum Gasteiger partial charge on any atom is 0.164 e. The molecule has 5 heteroatoms. The Morgan fingerprint density at radius 1 is 0.322 bits per heavy atom. The third-order valence-electron chi connectivity index (χ3n) is 11.0. The van der Waals surface area contributed by atoms with Crippen molar-refractivity contribution in [2.75, 3.05) is 0 Å². The molecule has 0 saturated heterocycles. The zero-order valence-corrected chi connectivity index (χ0v) is 31.8. The van der Waals surface area contributed by atoms with Gasteiger partial charge in [-0.25, -0.2) is 15.0 Å². The van der Waals surface area contributed by atoms with Gasteiger partial charge in [-0.2, -0.15) is 0 Å². The van der Waals surface area contributed by atoms with E-state index >= 15 is 0 Å². The number of nitrogens with zero attached hydrogens (tertiary/aromatic N) is 4. The molecular formula is C54H34N4O. The number of hydrogen-bond donors (Lipinski definition) is 0. The second-order valence-electron chi connectivity index (χ2n) is 14.6. The quantitative estimate of drug-likeness (QED) is 0.162. The lowest BCUT2D eigenvalue weighted by Crippen LogP contribution is -2.00. The maximum atomic E-state index is 7.20. The van der Waals surface area contributed by atoms with E-state index in [9.17, 15) is 0 Å². The van der Waals surface area contributed by atoms with Crippen LogP contribution in [0.2, 0.25) is 0 Å². The molecule has 3 aromatic heterocycles. The Labute approximate surface area is 341 Å². The molecule has 0 radical (unpaired) electrons. The van der Waals surface area contributed by atoms with Crippen LogP contribution in [0.5, 0.6) is 0 Å². The van der Waals surface area contributed by atoms with E-state index < -0.39 is 0 Å². The Balaban J connectivity index is 1.19. The molecule has 0 spiro atoms. The highest BCUT2D eigenvalue weighted by Gasteiger charge is 2.23. The monoisotopic (exact) mass is 754 g/mol. The van der Waals surface area contributed by atoms with Crippen LogP contribution >= 0.6 is 0 Å². The van der Waals surface area contributed by atoms with Gasteiger partial charge in [0.1, 0.15) is 11.2 Å². The second kappa shape index (κ2) is 14.5. The van der Waals surface area contributed by atoms with Crippen LogP contribution in [-0.2, 0) is 0 Å². The summed E-state index contributed by atoms with van der Waals surface area (Å²) in [6, 6.07) is 69.1. The van der Waals surface area contributed by atoms with Crippen LogP contribution < -0.4 is 0 Å². The van der Waals surface area contributed by atoms with E-state index in [1.54, 1.807) is 0 Å². The van der Waals surface area contributed by atoms with Gasteiger partial charge < -0.3 is 4.42 Å². The lowest BCUT2D eigenvalue weighted by molar-refractivity contribution is 0.671. The molecule has 5 nitrogen and oxygen atoms in total. The molecule has 0 N–H and O–H groups in total. The molecule has 0 bridgehead atoms. The zero-order chi connectivity index (χ0) is 39.1. The predicted octanol–water partition coefficient (Wildman–Crippen LogP) is 14.0. The summed E-state index contributed by atoms with van der Waals surface area (Å²) in [6.07, 6.45) is 1.85. The van der Waals surface area contributed by atoms with Crippen LogP contribution in [0.3, 0.4) is 0 Å². The predicted molar refractivity (Wildman–Crippen MR) is 240 cm³/mol. The molecule has 276 valence electrons. The van der Waals surface area contributed by atoms with Gasteiger partial charge in [0.15, 0.2) is 17.5 Å². The van der Waals surface area contributed by atoms with E-state index in [2.05, 4.69) is 127 Å². The van der Waals surface area contributed by atoms with Crippen molar-refractivity contribution in [3.8, 4) is 78.7 Å². The molecule has 0 aliphatic rings. The van der Waals surface area contributed by atoms with Gasteiger partial charge in [0.25, 0.3) is 0 Å². The summed E-state index contributed by atoms with van der Waals surface area (Å²) < 4.78 is 7.20. The highest BCUT2D eigenvalue weighted by molar-refractivity contribution is 6.19. The molecule has 0 aliphatic carbocycles. The highest BCUT2D eigenvalue weighted by Crippen LogP contribution is 2.46. The summed E-state index contributed by atoms with van der Waals surface area (Å²) in [7, 11) is 0. The van der Waals surface area contributed by atoms with Gasteiger partial charge in [0, 0.05) is 55.7 Å². The van der Waals surface area contributed by atoms with Crippen molar-refractivity contribution >= 4 is 32.8 Å². The molecule has 0 atom stereocenters. The van der Waals surface area contributed by atoms with Crippen LogP contribution in [0.15, 0.2) is 211 Å². The number of aromatic nitrogens is 4. The summed E-state index contributed by atoms with van der Waals surface area (Å²) in [5.41, 5.74) is 13.7. The second-order valence-corrected chi connectivity index (χ2v) is 14.6. The van der Waals surface area contributed by atoms with E-state index in [1.165, 1.54) is 0 Å². The van der Waals surface area contributed by atoms with Gasteiger partial charge in [-0.1, -0.05) is 170 Å². The Bertz CT molecular complexity index is 3230. The van der Waals surface area contributed by atoms with Gasteiger partial charge in [-0.05, 0) is 58.1 Å². The van der Waals surface area contributed by atoms with E-state index in [0.29, 0.717) is 17.5 Å². The summed E-state index contributed by atoms with van der Waals surface area (Å²) >= 11 is 0. The van der Waals surface area contributed by atoms with Crippen molar-refractivity contribution in [3.05, 3.63) is 206 Å². The van der Waals surface area contributed by atoms with Crippen LogP contribution in [0.25, 0.3) is 112 Å². The fraction of sp³-hybridized carbons (Fsp3) is 0. The first kappa shape index (κ1) is 34.2. The molecule has 59 heavy (non-hydrogen) atoms. The van der Waals surface area contributed by atoms with E-state index in [0.717, 1.165) is 94.0 Å². The van der Waals surface area contributed by atoms with E-state index in [4.69, 9.17) is 24.4 Å². The minimum atomic E-state index is 0.571. The molecule has 0 amide bonds. The molecule has 0 saturated carbocycles.